The number of benzene rings is 2. The highest BCUT2D eigenvalue weighted by Gasteiger charge is 2.61. The molecule has 3 aliphatic carbocycles. The van der Waals surface area contributed by atoms with Gasteiger partial charge in [-0.25, -0.2) is 4.90 Å². The lowest BCUT2D eigenvalue weighted by Crippen LogP contribution is -2.46. The minimum atomic E-state index is -0.449. The predicted octanol–water partition coefficient (Wildman–Crippen LogP) is 3.71. The Labute approximate surface area is 153 Å². The number of hydrogen-bond acceptors (Lipinski definition) is 3. The summed E-state index contributed by atoms with van der Waals surface area (Å²) in [7, 11) is 0. The first kappa shape index (κ1) is 15.3. The molecule has 4 unspecified atom stereocenters. The summed E-state index contributed by atoms with van der Waals surface area (Å²) in [6.07, 6.45) is 2.09. The van der Waals surface area contributed by atoms with Crippen molar-refractivity contribution in [3.8, 4) is 0 Å². The maximum atomic E-state index is 13.2. The van der Waals surface area contributed by atoms with Crippen molar-refractivity contribution in [2.45, 2.75) is 19.3 Å². The van der Waals surface area contributed by atoms with Gasteiger partial charge in [-0.2, -0.15) is 0 Å². The van der Waals surface area contributed by atoms with Crippen LogP contribution in [0.5, 0.6) is 0 Å². The predicted molar refractivity (Wildman–Crippen MR) is 97.0 cm³/mol. The molecule has 1 saturated heterocycles. The molecule has 4 nitrogen and oxygen atoms in total. The summed E-state index contributed by atoms with van der Waals surface area (Å²) in [6, 6.07) is 11.4. The van der Waals surface area contributed by atoms with Crippen molar-refractivity contribution in [1.29, 1.82) is 0 Å². The minimum Gasteiger partial charge on any atom is -0.299 e. The Morgan fingerprint density at radius 2 is 1.60 bits per heavy atom. The zero-order valence-electron chi connectivity index (χ0n) is 13.4. The van der Waals surface area contributed by atoms with Gasteiger partial charge in [0.05, 0.1) is 17.5 Å². The molecule has 2 amide bonds. The molecule has 1 heterocycles. The lowest BCUT2D eigenvalue weighted by atomic mass is 9.59. The van der Waals surface area contributed by atoms with Gasteiger partial charge in [0, 0.05) is 22.2 Å². The maximum absolute atomic E-state index is 13.2. The van der Waals surface area contributed by atoms with E-state index in [0.29, 0.717) is 12.1 Å². The largest absolute Gasteiger partial charge is 0.299 e. The first-order valence-corrected chi connectivity index (χ1v) is 9.45. The third-order valence-corrected chi connectivity index (χ3v) is 6.84. The molecule has 4 fully saturated rings. The van der Waals surface area contributed by atoms with Crippen LogP contribution in [0.2, 0.25) is 0 Å². The van der Waals surface area contributed by atoms with Crippen LogP contribution in [0.1, 0.15) is 19.3 Å². The topological polar surface area (TPSA) is 54.5 Å². The Balaban J connectivity index is 1.67. The van der Waals surface area contributed by atoms with Crippen molar-refractivity contribution >= 4 is 50.0 Å². The van der Waals surface area contributed by atoms with Crippen LogP contribution in [-0.2, 0) is 14.4 Å². The van der Waals surface area contributed by atoms with Gasteiger partial charge in [-0.05, 0) is 36.3 Å². The quantitative estimate of drug-likeness (QED) is 0.689. The average Bonchev–Trinajstić information content (AvgIpc) is 2.89. The average molecular weight is 398 g/mol. The van der Waals surface area contributed by atoms with Crippen molar-refractivity contribution < 1.29 is 14.4 Å². The molecule has 5 heteroatoms. The van der Waals surface area contributed by atoms with Crippen LogP contribution in [0.4, 0.5) is 5.69 Å². The Hall–Kier alpha value is -2.01. The van der Waals surface area contributed by atoms with Crippen molar-refractivity contribution in [2.24, 2.45) is 23.7 Å². The summed E-state index contributed by atoms with van der Waals surface area (Å²) < 4.78 is 0.929. The van der Waals surface area contributed by atoms with Gasteiger partial charge >= 0.3 is 0 Å². The number of carbonyl (C=O) groups excluding carboxylic acids is 3. The Morgan fingerprint density at radius 1 is 0.880 bits per heavy atom. The van der Waals surface area contributed by atoms with Crippen molar-refractivity contribution in [2.75, 3.05) is 4.90 Å². The Kier molecular flexibility index (Phi) is 3.20. The van der Waals surface area contributed by atoms with Gasteiger partial charge in [0.15, 0.2) is 0 Å². The van der Waals surface area contributed by atoms with E-state index in [9.17, 15) is 14.4 Å². The SMILES string of the molecule is O=C1CC2CCC1C1C(=O)N(c3ccc(Br)c4ccccc34)C(=O)C21. The third-order valence-electron chi connectivity index (χ3n) is 6.15. The molecule has 1 aliphatic heterocycles. The second kappa shape index (κ2) is 5.24. The number of rotatable bonds is 1. The van der Waals surface area contributed by atoms with E-state index in [4.69, 9.17) is 0 Å². The smallest absolute Gasteiger partial charge is 0.238 e. The summed E-state index contributed by atoms with van der Waals surface area (Å²) in [5.41, 5.74) is 0.634. The molecule has 4 aliphatic rings. The molecule has 0 spiro atoms. The first-order chi connectivity index (χ1) is 12.1. The molecule has 126 valence electrons. The van der Waals surface area contributed by atoms with Crippen molar-refractivity contribution in [3.05, 3.63) is 40.9 Å². The normalized spacial score (nSPS) is 31.1. The van der Waals surface area contributed by atoms with Crippen LogP contribution in [-0.4, -0.2) is 17.6 Å². The fraction of sp³-hybridized carbons (Fsp3) is 0.350. The number of anilines is 1. The molecular weight excluding hydrogens is 382 g/mol. The van der Waals surface area contributed by atoms with Crippen LogP contribution < -0.4 is 4.90 Å². The molecule has 2 bridgehead atoms. The van der Waals surface area contributed by atoms with Gasteiger partial charge in [0.2, 0.25) is 11.8 Å². The van der Waals surface area contributed by atoms with E-state index in [1.54, 1.807) is 0 Å². The molecular formula is C20H16BrNO3. The van der Waals surface area contributed by atoms with Gasteiger partial charge < -0.3 is 0 Å². The van der Waals surface area contributed by atoms with E-state index >= 15 is 0 Å². The zero-order chi connectivity index (χ0) is 17.3. The number of amides is 2. The van der Waals surface area contributed by atoms with Crippen molar-refractivity contribution in [3.63, 3.8) is 0 Å². The summed E-state index contributed by atoms with van der Waals surface area (Å²) in [5.74, 6) is -1.14. The molecule has 2 aromatic rings. The van der Waals surface area contributed by atoms with E-state index in [1.807, 2.05) is 36.4 Å². The molecule has 0 aromatic heterocycles. The zero-order valence-corrected chi connectivity index (χ0v) is 15.0. The summed E-state index contributed by atoms with van der Waals surface area (Å²) in [6.45, 7) is 0. The first-order valence-electron chi connectivity index (χ1n) is 8.65. The molecule has 25 heavy (non-hydrogen) atoms. The van der Waals surface area contributed by atoms with E-state index in [1.165, 1.54) is 4.90 Å². The summed E-state index contributed by atoms with van der Waals surface area (Å²) in [4.78, 5) is 39.9. The highest BCUT2D eigenvalue weighted by atomic mass is 79.9. The fourth-order valence-corrected chi connectivity index (χ4v) is 5.54. The highest BCUT2D eigenvalue weighted by Crippen LogP contribution is 2.52. The minimum absolute atomic E-state index is 0.0330. The number of imide groups is 1. The maximum Gasteiger partial charge on any atom is 0.238 e. The summed E-state index contributed by atoms with van der Waals surface area (Å²) in [5, 5.41) is 1.84. The molecule has 6 rings (SSSR count). The van der Waals surface area contributed by atoms with E-state index in [-0.39, 0.29) is 35.4 Å². The monoisotopic (exact) mass is 397 g/mol. The van der Waals surface area contributed by atoms with E-state index in [2.05, 4.69) is 15.9 Å². The molecule has 4 atom stereocenters. The van der Waals surface area contributed by atoms with E-state index in [0.717, 1.165) is 28.1 Å². The van der Waals surface area contributed by atoms with Gasteiger partial charge in [-0.1, -0.05) is 40.2 Å². The number of ketones is 1. The second-order valence-electron chi connectivity index (χ2n) is 7.29. The van der Waals surface area contributed by atoms with Crippen LogP contribution in [0.25, 0.3) is 10.8 Å². The highest BCUT2D eigenvalue weighted by molar-refractivity contribution is 9.10. The molecule has 3 saturated carbocycles. The van der Waals surface area contributed by atoms with Crippen LogP contribution in [0, 0.1) is 23.7 Å². The number of fused-ring (bicyclic) bond motifs is 3. The van der Waals surface area contributed by atoms with Gasteiger partial charge in [0.1, 0.15) is 5.78 Å². The number of hydrogen-bond donors (Lipinski definition) is 0. The van der Waals surface area contributed by atoms with Crippen LogP contribution >= 0.6 is 15.9 Å². The van der Waals surface area contributed by atoms with Crippen LogP contribution in [0.15, 0.2) is 40.9 Å². The van der Waals surface area contributed by atoms with Crippen molar-refractivity contribution in [1.82, 2.24) is 0 Å². The van der Waals surface area contributed by atoms with Gasteiger partial charge in [-0.3, -0.25) is 14.4 Å². The standard InChI is InChI=1S/C20H16BrNO3/c21-14-7-8-15(12-4-2-1-3-11(12)14)22-19(24)17-10-5-6-13(16(23)9-10)18(17)20(22)25/h1-4,7-8,10,13,17-18H,5-6,9H2. The van der Waals surface area contributed by atoms with Gasteiger partial charge in [-0.15, -0.1) is 0 Å². The number of carbonyl (C=O) groups is 3. The van der Waals surface area contributed by atoms with Gasteiger partial charge in [0.25, 0.3) is 0 Å². The summed E-state index contributed by atoms with van der Waals surface area (Å²) >= 11 is 3.53. The lowest BCUT2D eigenvalue weighted by molar-refractivity contribution is -0.143. The lowest BCUT2D eigenvalue weighted by Gasteiger charge is -2.41. The number of nitrogens with zero attached hydrogens (tertiary/aromatic N) is 1. The molecule has 0 N–H and O–H groups in total. The fourth-order valence-electron chi connectivity index (χ4n) is 5.06. The second-order valence-corrected chi connectivity index (χ2v) is 8.14. The third kappa shape index (κ3) is 1.96. The van der Waals surface area contributed by atoms with Crippen LogP contribution in [0.3, 0.4) is 0 Å². The Morgan fingerprint density at radius 3 is 2.36 bits per heavy atom. The number of halogens is 1. The number of Topliss-reactive ketones (excluding diaryl/α,β-unsaturated/α-hetero) is 1. The van der Waals surface area contributed by atoms with E-state index < -0.39 is 5.92 Å². The molecule has 2 aromatic carbocycles. The molecule has 0 radical (unpaired) electrons. The Bertz CT molecular complexity index is 953.